The smallest absolute Gasteiger partial charge is 0.410 e. The van der Waals surface area contributed by atoms with Crippen LogP contribution in [0.15, 0.2) is 11.6 Å². The molecule has 1 amide bonds. The first kappa shape index (κ1) is 25.0. The highest BCUT2D eigenvalue weighted by atomic mass is 16.6. The molecule has 3 aliphatic heterocycles. The van der Waals surface area contributed by atoms with E-state index in [1.165, 1.54) is 5.57 Å². The molecule has 1 aliphatic carbocycles. The van der Waals surface area contributed by atoms with Crippen molar-refractivity contribution in [3.05, 3.63) is 11.6 Å². The van der Waals surface area contributed by atoms with Crippen LogP contribution >= 0.6 is 0 Å². The molecule has 1 saturated carbocycles. The van der Waals surface area contributed by atoms with Gasteiger partial charge in [-0.15, -0.1) is 0 Å². The number of nitrogens with zero attached hydrogens (tertiary/aromatic N) is 2. The van der Waals surface area contributed by atoms with Crippen LogP contribution in [0.4, 0.5) is 4.79 Å². The summed E-state index contributed by atoms with van der Waals surface area (Å²) in [5.74, 6) is 0.0620. The number of amides is 1. The first-order valence-electron chi connectivity index (χ1n) is 13.0. The Morgan fingerprint density at radius 2 is 1.97 bits per heavy atom. The van der Waals surface area contributed by atoms with Crippen LogP contribution in [-0.4, -0.2) is 91.3 Å². The van der Waals surface area contributed by atoms with E-state index in [-0.39, 0.29) is 47.6 Å². The van der Waals surface area contributed by atoms with Gasteiger partial charge in [0.1, 0.15) is 23.4 Å². The Bertz CT molecular complexity index is 730. The van der Waals surface area contributed by atoms with Crippen molar-refractivity contribution in [2.45, 2.75) is 102 Å². The summed E-state index contributed by atoms with van der Waals surface area (Å²) < 4.78 is 24.4. The Hall–Kier alpha value is -1.15. The average Bonchev–Trinajstić information content (AvgIpc) is 3.67. The number of hydrogen-bond donors (Lipinski definition) is 0. The van der Waals surface area contributed by atoms with Gasteiger partial charge in [0.25, 0.3) is 0 Å². The van der Waals surface area contributed by atoms with Crippen molar-refractivity contribution in [1.29, 1.82) is 0 Å². The topological polar surface area (TPSA) is 67.1 Å². The number of likely N-dealkylation sites (tertiary alicyclic amines) is 1. The van der Waals surface area contributed by atoms with E-state index < -0.39 is 0 Å². The second kappa shape index (κ2) is 9.84. The molecule has 0 aromatic heterocycles. The van der Waals surface area contributed by atoms with Crippen LogP contribution in [0.3, 0.4) is 0 Å². The highest BCUT2D eigenvalue weighted by Crippen LogP contribution is 2.59. The van der Waals surface area contributed by atoms with Gasteiger partial charge >= 0.3 is 6.09 Å². The fourth-order valence-electron chi connectivity index (χ4n) is 6.12. The van der Waals surface area contributed by atoms with Crippen LogP contribution in [0.5, 0.6) is 0 Å². The standard InChI is InChI=1S/C26H44N2O5/c1-7-27(8-2)15-12-19-13-16-28(19)24(29)32-20-11-14-26(17-31-26)23(22(20)30-6)25(5)21(33-25)10-9-18(3)4/h9,19-23H,7-8,10-17H2,1-6H3/t19?,20-,21-,22-,23-,25+,26+/m1/s1. The average molecular weight is 465 g/mol. The van der Waals surface area contributed by atoms with Gasteiger partial charge in [0, 0.05) is 26.2 Å². The Labute approximate surface area is 199 Å². The van der Waals surface area contributed by atoms with E-state index in [4.69, 9.17) is 18.9 Å². The van der Waals surface area contributed by atoms with Gasteiger partial charge in [-0.3, -0.25) is 0 Å². The van der Waals surface area contributed by atoms with Crippen LogP contribution < -0.4 is 0 Å². The molecule has 188 valence electrons. The monoisotopic (exact) mass is 464 g/mol. The molecule has 33 heavy (non-hydrogen) atoms. The molecule has 1 spiro atoms. The lowest BCUT2D eigenvalue weighted by Crippen LogP contribution is -2.58. The van der Waals surface area contributed by atoms with Gasteiger partial charge in [-0.25, -0.2) is 4.79 Å². The predicted octanol–water partition coefficient (Wildman–Crippen LogP) is 4.01. The Kier molecular flexibility index (Phi) is 7.44. The predicted molar refractivity (Wildman–Crippen MR) is 127 cm³/mol. The molecular weight excluding hydrogens is 420 g/mol. The lowest BCUT2D eigenvalue weighted by Gasteiger charge is -2.45. The van der Waals surface area contributed by atoms with E-state index in [0.717, 1.165) is 64.9 Å². The van der Waals surface area contributed by atoms with Crippen LogP contribution in [0.1, 0.15) is 66.7 Å². The van der Waals surface area contributed by atoms with Gasteiger partial charge < -0.3 is 28.7 Å². The number of hydrogen-bond acceptors (Lipinski definition) is 6. The normalized spacial score (nSPS) is 39.4. The van der Waals surface area contributed by atoms with Gasteiger partial charge in [-0.2, -0.15) is 0 Å². The number of ether oxygens (including phenoxy) is 4. The first-order valence-corrected chi connectivity index (χ1v) is 13.0. The number of carbonyl (C=O) groups is 1. The van der Waals surface area contributed by atoms with Crippen molar-refractivity contribution >= 4 is 6.09 Å². The summed E-state index contributed by atoms with van der Waals surface area (Å²) in [4.78, 5) is 17.4. The SMILES string of the molecule is CCN(CC)CCC1CCN1C(=O)O[C@@H]1CC[C@]2(CO2)[C@@H]([C@@]2(C)O[C@@H]2CC=C(C)C)[C@@H]1OC. The molecule has 3 heterocycles. The summed E-state index contributed by atoms with van der Waals surface area (Å²) in [5.41, 5.74) is 0.798. The molecule has 4 fully saturated rings. The highest BCUT2D eigenvalue weighted by Gasteiger charge is 2.72. The third-order valence-corrected chi connectivity index (χ3v) is 8.54. The lowest BCUT2D eigenvalue weighted by atomic mass is 9.68. The van der Waals surface area contributed by atoms with Gasteiger partial charge in [0.2, 0.25) is 0 Å². The number of allylic oxidation sites excluding steroid dienone is 1. The van der Waals surface area contributed by atoms with Gasteiger partial charge in [0.15, 0.2) is 0 Å². The molecule has 0 N–H and O–H groups in total. The second-order valence-electron chi connectivity index (χ2n) is 10.8. The third-order valence-electron chi connectivity index (χ3n) is 8.54. The van der Waals surface area contributed by atoms with E-state index in [0.29, 0.717) is 0 Å². The minimum atomic E-state index is -0.308. The minimum Gasteiger partial charge on any atom is -0.443 e. The molecule has 0 aromatic carbocycles. The quantitative estimate of drug-likeness (QED) is 0.360. The maximum atomic E-state index is 13.1. The van der Waals surface area contributed by atoms with Crippen molar-refractivity contribution < 1.29 is 23.7 Å². The Morgan fingerprint density at radius 3 is 2.52 bits per heavy atom. The zero-order valence-corrected chi connectivity index (χ0v) is 21.5. The Morgan fingerprint density at radius 1 is 1.24 bits per heavy atom. The third kappa shape index (κ3) is 4.97. The molecule has 4 rings (SSSR count). The summed E-state index contributed by atoms with van der Waals surface area (Å²) in [5, 5.41) is 0. The molecule has 3 saturated heterocycles. The summed E-state index contributed by atoms with van der Waals surface area (Å²) in [6.45, 7) is 15.4. The zero-order chi connectivity index (χ0) is 23.8. The largest absolute Gasteiger partial charge is 0.443 e. The summed E-state index contributed by atoms with van der Waals surface area (Å²) in [6.07, 6.45) is 6.34. The van der Waals surface area contributed by atoms with Gasteiger partial charge in [-0.1, -0.05) is 25.5 Å². The van der Waals surface area contributed by atoms with Crippen LogP contribution in [0.25, 0.3) is 0 Å². The van der Waals surface area contributed by atoms with E-state index in [2.05, 4.69) is 45.6 Å². The van der Waals surface area contributed by atoms with Crippen molar-refractivity contribution in [3.8, 4) is 0 Å². The molecule has 7 atom stereocenters. The molecule has 1 unspecified atom stereocenters. The van der Waals surface area contributed by atoms with E-state index in [1.807, 2.05) is 4.90 Å². The zero-order valence-electron chi connectivity index (χ0n) is 21.5. The maximum absolute atomic E-state index is 13.1. The molecule has 0 radical (unpaired) electrons. The van der Waals surface area contributed by atoms with Crippen LogP contribution in [0, 0.1) is 5.92 Å². The number of methoxy groups -OCH3 is 1. The highest BCUT2D eigenvalue weighted by molar-refractivity contribution is 5.69. The fourth-order valence-corrected chi connectivity index (χ4v) is 6.12. The molecule has 0 aromatic rings. The first-order chi connectivity index (χ1) is 15.8. The molecule has 7 nitrogen and oxygen atoms in total. The maximum Gasteiger partial charge on any atom is 0.410 e. The number of rotatable bonds is 10. The number of carbonyl (C=O) groups excluding carboxylic acids is 1. The van der Waals surface area contributed by atoms with E-state index in [1.54, 1.807) is 7.11 Å². The Balaban J connectivity index is 1.38. The van der Waals surface area contributed by atoms with Crippen LogP contribution in [0.2, 0.25) is 0 Å². The van der Waals surface area contributed by atoms with Gasteiger partial charge in [0.05, 0.1) is 18.6 Å². The summed E-state index contributed by atoms with van der Waals surface area (Å²) in [6, 6.07) is 0.286. The van der Waals surface area contributed by atoms with Crippen molar-refractivity contribution in [2.24, 2.45) is 5.92 Å². The van der Waals surface area contributed by atoms with Crippen molar-refractivity contribution in [2.75, 3.05) is 39.9 Å². The summed E-state index contributed by atoms with van der Waals surface area (Å²) >= 11 is 0. The van der Waals surface area contributed by atoms with E-state index >= 15 is 0 Å². The van der Waals surface area contributed by atoms with Crippen LogP contribution in [-0.2, 0) is 18.9 Å². The number of epoxide rings is 2. The second-order valence-corrected chi connectivity index (χ2v) is 10.8. The molecule has 0 bridgehead atoms. The van der Waals surface area contributed by atoms with Crippen molar-refractivity contribution in [3.63, 3.8) is 0 Å². The molecular formula is C26H44N2O5. The van der Waals surface area contributed by atoms with Crippen molar-refractivity contribution in [1.82, 2.24) is 9.80 Å². The van der Waals surface area contributed by atoms with E-state index in [9.17, 15) is 4.79 Å². The minimum absolute atomic E-state index is 0.0620. The lowest BCUT2D eigenvalue weighted by molar-refractivity contribution is -0.125. The fraction of sp³-hybridized carbons (Fsp3) is 0.885. The molecule has 7 heteroatoms. The molecule has 4 aliphatic rings. The summed E-state index contributed by atoms with van der Waals surface area (Å²) in [7, 11) is 1.73. The van der Waals surface area contributed by atoms with Gasteiger partial charge in [-0.05, 0) is 66.0 Å².